The van der Waals surface area contributed by atoms with Gasteiger partial charge in [-0.15, -0.1) is 0 Å². The second kappa shape index (κ2) is 3.06. The van der Waals surface area contributed by atoms with Crippen LogP contribution in [0.15, 0.2) is 12.1 Å². The van der Waals surface area contributed by atoms with Crippen molar-refractivity contribution in [1.82, 2.24) is 0 Å². The molecule has 0 saturated carbocycles. The fraction of sp³-hybridized carbons (Fsp3) is 0.500. The molecule has 1 aromatic rings. The van der Waals surface area contributed by atoms with Gasteiger partial charge in [0.1, 0.15) is 0 Å². The van der Waals surface area contributed by atoms with Crippen LogP contribution >= 0.6 is 0 Å². The molecule has 0 aliphatic carbocycles. The minimum Gasteiger partial charge on any atom is -0.374 e. The fourth-order valence-corrected chi connectivity index (χ4v) is 2.40. The quantitative estimate of drug-likeness (QED) is 0.586. The first-order valence-corrected chi connectivity index (χ1v) is 5.00. The molecular formula is C12H17N. The molecule has 0 amide bonds. The van der Waals surface area contributed by atoms with E-state index in [0.717, 1.165) is 0 Å². The number of nitrogens with zero attached hydrogens (tertiary/aromatic N) is 1. The van der Waals surface area contributed by atoms with Crippen molar-refractivity contribution >= 4 is 5.69 Å². The van der Waals surface area contributed by atoms with E-state index in [0.29, 0.717) is 0 Å². The molecule has 0 atom stereocenters. The van der Waals surface area contributed by atoms with Crippen LogP contribution in [0.4, 0.5) is 5.69 Å². The first-order valence-electron chi connectivity index (χ1n) is 5.00. The Bertz CT molecular complexity index is 328. The van der Waals surface area contributed by atoms with Gasteiger partial charge in [0.2, 0.25) is 0 Å². The highest BCUT2D eigenvalue weighted by atomic mass is 15.1. The smallest absolute Gasteiger partial charge is 0.0426 e. The van der Waals surface area contributed by atoms with E-state index < -0.39 is 0 Å². The lowest BCUT2D eigenvalue weighted by Gasteiger charge is -2.29. The molecule has 1 aliphatic heterocycles. The topological polar surface area (TPSA) is 3.24 Å². The van der Waals surface area contributed by atoms with Crippen LogP contribution in [0.2, 0.25) is 0 Å². The van der Waals surface area contributed by atoms with Gasteiger partial charge in [-0.25, -0.2) is 0 Å². The van der Waals surface area contributed by atoms with Crippen LogP contribution < -0.4 is 4.90 Å². The van der Waals surface area contributed by atoms with E-state index in [4.69, 9.17) is 0 Å². The normalized spacial score (nSPS) is 15.8. The summed E-state index contributed by atoms with van der Waals surface area (Å²) in [6.45, 7) is 5.60. The van der Waals surface area contributed by atoms with E-state index in [-0.39, 0.29) is 0 Å². The molecule has 0 aromatic heterocycles. The molecule has 0 radical (unpaired) electrons. The molecule has 0 bridgehead atoms. The molecule has 1 nitrogen and oxygen atoms in total. The van der Waals surface area contributed by atoms with Gasteiger partial charge in [-0.05, 0) is 37.8 Å². The number of fused-ring (bicyclic) bond motifs is 1. The molecule has 1 aromatic carbocycles. The van der Waals surface area contributed by atoms with Crippen molar-refractivity contribution in [2.45, 2.75) is 26.7 Å². The molecule has 2 rings (SSSR count). The monoisotopic (exact) mass is 175 g/mol. The maximum absolute atomic E-state index is 2.38. The van der Waals surface area contributed by atoms with Gasteiger partial charge >= 0.3 is 0 Å². The largest absolute Gasteiger partial charge is 0.374 e. The standard InChI is InChI=1S/C12H17N/c1-9-7-10(2)12-11(8-9)5-4-6-13(12)3/h7-8H,4-6H2,1-3H3. The number of aryl methyl sites for hydroxylation is 3. The second-order valence-electron chi connectivity index (χ2n) is 4.11. The SMILES string of the molecule is Cc1cc(C)c2c(c1)CCCN2C. The molecular weight excluding hydrogens is 158 g/mol. The van der Waals surface area contributed by atoms with Gasteiger partial charge in [0.15, 0.2) is 0 Å². The molecule has 0 spiro atoms. The lowest BCUT2D eigenvalue weighted by atomic mass is 9.96. The molecule has 0 N–H and O–H groups in total. The van der Waals surface area contributed by atoms with Crippen molar-refractivity contribution in [3.8, 4) is 0 Å². The zero-order chi connectivity index (χ0) is 9.42. The lowest BCUT2D eigenvalue weighted by molar-refractivity contribution is 0.741. The first-order chi connectivity index (χ1) is 6.18. The zero-order valence-electron chi connectivity index (χ0n) is 8.72. The zero-order valence-corrected chi connectivity index (χ0v) is 8.72. The summed E-state index contributed by atoms with van der Waals surface area (Å²) in [6.07, 6.45) is 2.55. The Morgan fingerprint density at radius 1 is 1.23 bits per heavy atom. The molecule has 0 fully saturated rings. The maximum atomic E-state index is 2.38. The summed E-state index contributed by atoms with van der Waals surface area (Å²) < 4.78 is 0. The van der Waals surface area contributed by atoms with Gasteiger partial charge in [-0.2, -0.15) is 0 Å². The van der Waals surface area contributed by atoms with Crippen LogP contribution in [-0.2, 0) is 6.42 Å². The Hall–Kier alpha value is -0.980. The van der Waals surface area contributed by atoms with Gasteiger partial charge < -0.3 is 4.90 Å². The second-order valence-corrected chi connectivity index (χ2v) is 4.11. The van der Waals surface area contributed by atoms with Crippen LogP contribution in [0.1, 0.15) is 23.1 Å². The van der Waals surface area contributed by atoms with Crippen LogP contribution in [0.5, 0.6) is 0 Å². The van der Waals surface area contributed by atoms with E-state index in [1.54, 1.807) is 0 Å². The minimum atomic E-state index is 1.21. The van der Waals surface area contributed by atoms with Crippen LogP contribution in [-0.4, -0.2) is 13.6 Å². The van der Waals surface area contributed by atoms with Crippen molar-refractivity contribution < 1.29 is 0 Å². The van der Waals surface area contributed by atoms with Crippen LogP contribution in [0.25, 0.3) is 0 Å². The van der Waals surface area contributed by atoms with Crippen LogP contribution in [0.3, 0.4) is 0 Å². The minimum absolute atomic E-state index is 1.21. The highest BCUT2D eigenvalue weighted by molar-refractivity contribution is 5.61. The summed E-state index contributed by atoms with van der Waals surface area (Å²) in [5.74, 6) is 0. The third kappa shape index (κ3) is 1.43. The number of hydrogen-bond donors (Lipinski definition) is 0. The molecule has 1 heteroatoms. The van der Waals surface area contributed by atoms with E-state index in [2.05, 4.69) is 37.9 Å². The molecule has 0 saturated heterocycles. The van der Waals surface area contributed by atoms with Gasteiger partial charge in [0.25, 0.3) is 0 Å². The molecule has 1 aliphatic rings. The van der Waals surface area contributed by atoms with E-state index in [1.165, 1.54) is 41.8 Å². The highest BCUT2D eigenvalue weighted by Gasteiger charge is 2.15. The first kappa shape index (κ1) is 8.61. The van der Waals surface area contributed by atoms with Crippen molar-refractivity contribution in [3.63, 3.8) is 0 Å². The molecule has 0 unspecified atom stereocenters. The van der Waals surface area contributed by atoms with Crippen molar-refractivity contribution in [2.24, 2.45) is 0 Å². The summed E-state index contributed by atoms with van der Waals surface area (Å²) in [6, 6.07) is 4.61. The Morgan fingerprint density at radius 2 is 2.00 bits per heavy atom. The Morgan fingerprint density at radius 3 is 2.77 bits per heavy atom. The van der Waals surface area contributed by atoms with Crippen LogP contribution in [0, 0.1) is 13.8 Å². The summed E-state index contributed by atoms with van der Waals surface area (Å²) in [4.78, 5) is 2.38. The van der Waals surface area contributed by atoms with E-state index >= 15 is 0 Å². The number of rotatable bonds is 0. The fourth-order valence-electron chi connectivity index (χ4n) is 2.40. The summed E-state index contributed by atoms with van der Waals surface area (Å²) in [7, 11) is 2.19. The molecule has 13 heavy (non-hydrogen) atoms. The summed E-state index contributed by atoms with van der Waals surface area (Å²) in [5.41, 5.74) is 5.83. The van der Waals surface area contributed by atoms with Crippen molar-refractivity contribution in [1.29, 1.82) is 0 Å². The highest BCUT2D eigenvalue weighted by Crippen LogP contribution is 2.30. The average molecular weight is 175 g/mol. The Labute approximate surface area is 80.4 Å². The Kier molecular flexibility index (Phi) is 2.03. The summed E-state index contributed by atoms with van der Waals surface area (Å²) >= 11 is 0. The van der Waals surface area contributed by atoms with E-state index in [9.17, 15) is 0 Å². The van der Waals surface area contributed by atoms with Gasteiger partial charge in [-0.1, -0.05) is 17.7 Å². The number of anilines is 1. The maximum Gasteiger partial charge on any atom is 0.0426 e. The predicted molar refractivity (Wildman–Crippen MR) is 57.5 cm³/mol. The van der Waals surface area contributed by atoms with Gasteiger partial charge in [0, 0.05) is 19.3 Å². The third-order valence-corrected chi connectivity index (χ3v) is 2.85. The molecule has 1 heterocycles. The number of hydrogen-bond acceptors (Lipinski definition) is 1. The molecule has 70 valence electrons. The van der Waals surface area contributed by atoms with Crippen molar-refractivity contribution in [3.05, 3.63) is 28.8 Å². The predicted octanol–water partition coefficient (Wildman–Crippen LogP) is 2.69. The van der Waals surface area contributed by atoms with Gasteiger partial charge in [0.05, 0.1) is 0 Å². The Balaban J connectivity index is 2.56. The summed E-state index contributed by atoms with van der Waals surface area (Å²) in [5, 5.41) is 0. The number of benzene rings is 1. The van der Waals surface area contributed by atoms with Gasteiger partial charge in [-0.3, -0.25) is 0 Å². The van der Waals surface area contributed by atoms with Crippen molar-refractivity contribution in [2.75, 3.05) is 18.5 Å². The average Bonchev–Trinajstić information content (AvgIpc) is 2.02. The lowest BCUT2D eigenvalue weighted by Crippen LogP contribution is -2.25. The third-order valence-electron chi connectivity index (χ3n) is 2.85. The van der Waals surface area contributed by atoms with E-state index in [1.807, 2.05) is 0 Å².